The Kier molecular flexibility index (Phi) is 4.84. The molecule has 1 fully saturated rings. The molecule has 0 bridgehead atoms. The third-order valence-corrected chi connectivity index (χ3v) is 4.81. The van der Waals surface area contributed by atoms with Gasteiger partial charge in [-0.25, -0.2) is 9.97 Å². The Hall–Kier alpha value is -1.73. The monoisotopic (exact) mass is 319 g/mol. The number of hydrogen-bond acceptors (Lipinski definition) is 5. The van der Waals surface area contributed by atoms with Crippen LogP contribution in [0.5, 0.6) is 0 Å². The van der Waals surface area contributed by atoms with E-state index < -0.39 is 0 Å². The molecule has 1 aliphatic heterocycles. The first-order valence-electron chi connectivity index (χ1n) is 7.58. The van der Waals surface area contributed by atoms with Crippen LogP contribution in [-0.4, -0.2) is 56.4 Å². The second kappa shape index (κ2) is 7.02. The molecule has 2 aromatic heterocycles. The summed E-state index contributed by atoms with van der Waals surface area (Å²) in [5.41, 5.74) is 0. The molecule has 0 radical (unpaired) electrons. The van der Waals surface area contributed by atoms with Crippen molar-refractivity contribution < 1.29 is 4.79 Å². The predicted molar refractivity (Wildman–Crippen MR) is 85.6 cm³/mol. The van der Waals surface area contributed by atoms with Crippen molar-refractivity contribution in [2.45, 2.75) is 26.4 Å². The molecule has 0 unspecified atom stereocenters. The molecule has 0 aromatic carbocycles. The normalized spacial score (nSPS) is 16.1. The summed E-state index contributed by atoms with van der Waals surface area (Å²) in [7, 11) is 0. The zero-order chi connectivity index (χ0) is 15.4. The Morgan fingerprint density at radius 3 is 2.77 bits per heavy atom. The van der Waals surface area contributed by atoms with Gasteiger partial charge in [0.05, 0.1) is 11.3 Å². The fourth-order valence-corrected chi connectivity index (χ4v) is 3.49. The Labute approximate surface area is 134 Å². The van der Waals surface area contributed by atoms with E-state index in [0.29, 0.717) is 13.0 Å². The highest BCUT2D eigenvalue weighted by Crippen LogP contribution is 2.15. The lowest BCUT2D eigenvalue weighted by Gasteiger charge is -2.34. The summed E-state index contributed by atoms with van der Waals surface area (Å²) < 4.78 is 1.94. The van der Waals surface area contributed by atoms with Crippen molar-refractivity contribution in [2.24, 2.45) is 0 Å². The van der Waals surface area contributed by atoms with Gasteiger partial charge in [-0.15, -0.1) is 11.3 Å². The second-order valence-corrected chi connectivity index (χ2v) is 6.87. The Bertz CT molecular complexity index is 601. The van der Waals surface area contributed by atoms with Crippen molar-refractivity contribution >= 4 is 17.2 Å². The summed E-state index contributed by atoms with van der Waals surface area (Å²) in [6.07, 6.45) is 7.89. The SMILES string of the molecule is Cc1ncc(CN2CCN(C(=O)CCn3ccnc3)CC2)s1. The quantitative estimate of drug-likeness (QED) is 0.835. The van der Waals surface area contributed by atoms with E-state index in [1.807, 2.05) is 28.8 Å². The van der Waals surface area contributed by atoms with E-state index in [1.165, 1.54) is 4.88 Å². The molecule has 0 aliphatic carbocycles. The van der Waals surface area contributed by atoms with Crippen LogP contribution >= 0.6 is 11.3 Å². The number of amides is 1. The summed E-state index contributed by atoms with van der Waals surface area (Å²) in [5, 5.41) is 1.11. The minimum absolute atomic E-state index is 0.238. The molecule has 3 rings (SSSR count). The third-order valence-electron chi connectivity index (χ3n) is 3.92. The standard InChI is InChI=1S/C15H21N5OS/c1-13-17-10-14(22-13)11-18-6-8-20(9-7-18)15(21)2-4-19-5-3-16-12-19/h3,5,10,12H,2,4,6-9,11H2,1H3. The van der Waals surface area contributed by atoms with Gasteiger partial charge in [-0.2, -0.15) is 0 Å². The first-order valence-corrected chi connectivity index (χ1v) is 8.39. The first kappa shape index (κ1) is 15.2. The van der Waals surface area contributed by atoms with Gasteiger partial charge in [-0.3, -0.25) is 9.69 Å². The number of rotatable bonds is 5. The van der Waals surface area contributed by atoms with Crippen LogP contribution in [0.4, 0.5) is 0 Å². The van der Waals surface area contributed by atoms with Crippen molar-refractivity contribution in [1.29, 1.82) is 0 Å². The molecule has 118 valence electrons. The van der Waals surface area contributed by atoms with E-state index in [2.05, 4.69) is 14.9 Å². The van der Waals surface area contributed by atoms with Gasteiger partial charge in [0.2, 0.25) is 5.91 Å². The minimum atomic E-state index is 0.238. The molecule has 22 heavy (non-hydrogen) atoms. The smallest absolute Gasteiger partial charge is 0.224 e. The number of carbonyl (C=O) groups excluding carboxylic acids is 1. The maximum Gasteiger partial charge on any atom is 0.224 e. The zero-order valence-electron chi connectivity index (χ0n) is 12.8. The van der Waals surface area contributed by atoms with Crippen molar-refractivity contribution in [3.05, 3.63) is 34.8 Å². The molecular weight excluding hydrogens is 298 g/mol. The van der Waals surface area contributed by atoms with Crippen molar-refractivity contribution in [3.63, 3.8) is 0 Å². The number of imidazole rings is 1. The average molecular weight is 319 g/mol. The van der Waals surface area contributed by atoms with E-state index >= 15 is 0 Å². The molecule has 7 heteroatoms. The highest BCUT2D eigenvalue weighted by atomic mass is 32.1. The van der Waals surface area contributed by atoms with Gasteiger partial charge in [0.15, 0.2) is 0 Å². The fourth-order valence-electron chi connectivity index (χ4n) is 2.66. The van der Waals surface area contributed by atoms with Crippen LogP contribution < -0.4 is 0 Å². The Morgan fingerprint density at radius 1 is 1.32 bits per heavy atom. The highest BCUT2D eigenvalue weighted by Gasteiger charge is 2.21. The van der Waals surface area contributed by atoms with Crippen LogP contribution in [0.1, 0.15) is 16.3 Å². The van der Waals surface area contributed by atoms with Gasteiger partial charge >= 0.3 is 0 Å². The number of aryl methyl sites for hydroxylation is 2. The molecule has 0 N–H and O–H groups in total. The Balaban J connectivity index is 1.42. The molecular formula is C15H21N5OS. The van der Waals surface area contributed by atoms with Crippen molar-refractivity contribution in [2.75, 3.05) is 26.2 Å². The first-order chi connectivity index (χ1) is 10.7. The van der Waals surface area contributed by atoms with Crippen LogP contribution in [0.3, 0.4) is 0 Å². The zero-order valence-corrected chi connectivity index (χ0v) is 13.6. The summed E-state index contributed by atoms with van der Waals surface area (Å²) in [4.78, 5) is 26.2. The molecule has 2 aromatic rings. The van der Waals surface area contributed by atoms with Gasteiger partial charge in [0.25, 0.3) is 0 Å². The fraction of sp³-hybridized carbons (Fsp3) is 0.533. The minimum Gasteiger partial charge on any atom is -0.340 e. The summed E-state index contributed by atoms with van der Waals surface area (Å²) in [5.74, 6) is 0.238. The molecule has 0 spiro atoms. The number of aromatic nitrogens is 3. The molecule has 0 atom stereocenters. The average Bonchev–Trinajstić information content (AvgIpc) is 3.17. The van der Waals surface area contributed by atoms with Crippen molar-refractivity contribution in [3.8, 4) is 0 Å². The van der Waals surface area contributed by atoms with Gasteiger partial charge in [0.1, 0.15) is 0 Å². The summed E-state index contributed by atoms with van der Waals surface area (Å²) in [6, 6.07) is 0. The van der Waals surface area contributed by atoms with E-state index in [9.17, 15) is 4.79 Å². The number of thiazole rings is 1. The van der Waals surface area contributed by atoms with Crippen LogP contribution in [0, 0.1) is 6.92 Å². The van der Waals surface area contributed by atoms with Crippen LogP contribution in [0.15, 0.2) is 24.9 Å². The lowest BCUT2D eigenvalue weighted by molar-refractivity contribution is -0.133. The maximum absolute atomic E-state index is 12.2. The predicted octanol–water partition coefficient (Wildman–Crippen LogP) is 1.38. The second-order valence-electron chi connectivity index (χ2n) is 5.55. The van der Waals surface area contributed by atoms with E-state index in [4.69, 9.17) is 0 Å². The number of hydrogen-bond donors (Lipinski definition) is 0. The lowest BCUT2D eigenvalue weighted by atomic mass is 10.2. The molecule has 1 amide bonds. The topological polar surface area (TPSA) is 54.3 Å². The van der Waals surface area contributed by atoms with E-state index in [0.717, 1.165) is 37.7 Å². The van der Waals surface area contributed by atoms with Gasteiger partial charge in [0, 0.05) is 69.2 Å². The highest BCUT2D eigenvalue weighted by molar-refractivity contribution is 7.11. The van der Waals surface area contributed by atoms with Crippen molar-refractivity contribution in [1.82, 2.24) is 24.3 Å². The largest absolute Gasteiger partial charge is 0.340 e. The van der Waals surface area contributed by atoms with Gasteiger partial charge in [-0.1, -0.05) is 0 Å². The van der Waals surface area contributed by atoms with E-state index in [-0.39, 0.29) is 5.91 Å². The third kappa shape index (κ3) is 3.92. The Morgan fingerprint density at radius 2 is 2.14 bits per heavy atom. The number of piperazine rings is 1. The molecule has 0 saturated carbocycles. The van der Waals surface area contributed by atoms with Crippen LogP contribution in [0.25, 0.3) is 0 Å². The molecule has 1 saturated heterocycles. The maximum atomic E-state index is 12.2. The van der Waals surface area contributed by atoms with E-state index in [1.54, 1.807) is 23.9 Å². The lowest BCUT2D eigenvalue weighted by Crippen LogP contribution is -2.48. The van der Waals surface area contributed by atoms with Crippen LogP contribution in [-0.2, 0) is 17.9 Å². The summed E-state index contributed by atoms with van der Waals surface area (Å²) >= 11 is 1.75. The van der Waals surface area contributed by atoms with Gasteiger partial charge < -0.3 is 9.47 Å². The summed E-state index contributed by atoms with van der Waals surface area (Å²) in [6.45, 7) is 7.20. The molecule has 1 aliphatic rings. The number of nitrogens with zero attached hydrogens (tertiary/aromatic N) is 5. The van der Waals surface area contributed by atoms with Gasteiger partial charge in [-0.05, 0) is 6.92 Å². The molecule has 3 heterocycles. The van der Waals surface area contributed by atoms with Crippen LogP contribution in [0.2, 0.25) is 0 Å². The molecule has 6 nitrogen and oxygen atoms in total. The number of carbonyl (C=O) groups is 1.